The van der Waals surface area contributed by atoms with Crippen LogP contribution < -0.4 is 4.74 Å². The predicted octanol–water partition coefficient (Wildman–Crippen LogP) is 4.08. The largest absolute Gasteiger partial charge is 0.491 e. The fraction of sp³-hybridized carbons (Fsp3) is 0.632. The summed E-state index contributed by atoms with van der Waals surface area (Å²) in [5, 5.41) is 8.79. The third-order valence-corrected chi connectivity index (χ3v) is 4.28. The van der Waals surface area contributed by atoms with Gasteiger partial charge in [-0.15, -0.1) is 0 Å². The Morgan fingerprint density at radius 1 is 1.21 bits per heavy atom. The van der Waals surface area contributed by atoms with Gasteiger partial charge < -0.3 is 19.3 Å². The Bertz CT molecular complexity index is 635. The molecule has 9 heteroatoms. The summed E-state index contributed by atoms with van der Waals surface area (Å²) < 4.78 is 66.9. The fourth-order valence-corrected chi connectivity index (χ4v) is 2.75. The molecular weight excluding hydrogens is 384 g/mol. The van der Waals surface area contributed by atoms with Gasteiger partial charge in [0.15, 0.2) is 17.9 Å². The van der Waals surface area contributed by atoms with Gasteiger partial charge in [0.2, 0.25) is 5.78 Å². The van der Waals surface area contributed by atoms with Gasteiger partial charge in [-0.2, -0.15) is 13.2 Å². The molecule has 0 aliphatic carbocycles. The molecule has 158 valence electrons. The van der Waals surface area contributed by atoms with Gasteiger partial charge in [0.05, 0.1) is 19.3 Å². The van der Waals surface area contributed by atoms with Crippen LogP contribution in [0.2, 0.25) is 0 Å². The van der Waals surface area contributed by atoms with Crippen LogP contribution >= 0.6 is 0 Å². The van der Waals surface area contributed by atoms with Gasteiger partial charge in [0.25, 0.3) is 0 Å². The molecule has 2 rings (SSSR count). The molecule has 1 fully saturated rings. The number of carbonyl (C=O) groups is 1. The second-order valence-corrected chi connectivity index (χ2v) is 6.56. The van der Waals surface area contributed by atoms with Crippen molar-refractivity contribution in [2.75, 3.05) is 19.8 Å². The summed E-state index contributed by atoms with van der Waals surface area (Å²) >= 11 is 0. The van der Waals surface area contributed by atoms with Crippen molar-refractivity contribution >= 4 is 5.78 Å². The summed E-state index contributed by atoms with van der Waals surface area (Å²) in [5.41, 5.74) is 0.505. The molecule has 1 aromatic rings. The van der Waals surface area contributed by atoms with Gasteiger partial charge >= 0.3 is 6.18 Å². The molecule has 0 saturated carbocycles. The maximum Gasteiger partial charge on any atom is 0.449 e. The van der Waals surface area contributed by atoms with Crippen LogP contribution in [0.15, 0.2) is 18.2 Å². The number of ketones is 1. The van der Waals surface area contributed by atoms with Crippen LogP contribution in [0.3, 0.4) is 0 Å². The van der Waals surface area contributed by atoms with Crippen molar-refractivity contribution in [3.8, 4) is 5.75 Å². The number of carbonyl (C=O) groups excluding carboxylic acids is 1. The molecular formula is C19H24F4O5. The van der Waals surface area contributed by atoms with E-state index in [1.54, 1.807) is 6.07 Å². The minimum atomic E-state index is -4.81. The standard InChI is InChI=1S/C19H24F4O5/c20-15-11-13(18-27-12-14(28-18)5-1-3-9-24)7-8-16(15)26-10-4-2-6-17(25)19(21,22)23/h7-8,11,14,18,24H,1-6,9-10,12H2. The van der Waals surface area contributed by atoms with Gasteiger partial charge in [-0.1, -0.05) is 6.07 Å². The van der Waals surface area contributed by atoms with E-state index in [9.17, 15) is 22.4 Å². The molecule has 2 atom stereocenters. The SMILES string of the molecule is O=C(CCCCOc1ccc(C2OCC(CCCCO)O2)cc1F)C(F)(F)F. The van der Waals surface area contributed by atoms with E-state index in [-0.39, 0.29) is 37.9 Å². The highest BCUT2D eigenvalue weighted by Gasteiger charge is 2.37. The average molecular weight is 408 g/mol. The Labute approximate surface area is 160 Å². The number of unbranched alkanes of at least 4 members (excludes halogenated alkanes) is 2. The van der Waals surface area contributed by atoms with Crippen LogP contribution in [-0.2, 0) is 14.3 Å². The Morgan fingerprint density at radius 3 is 2.68 bits per heavy atom. The van der Waals surface area contributed by atoms with Crippen molar-refractivity contribution in [1.82, 2.24) is 0 Å². The number of halogens is 4. The van der Waals surface area contributed by atoms with Crippen molar-refractivity contribution in [3.63, 3.8) is 0 Å². The van der Waals surface area contributed by atoms with Crippen molar-refractivity contribution in [2.24, 2.45) is 0 Å². The van der Waals surface area contributed by atoms with Gasteiger partial charge in [-0.05, 0) is 44.2 Å². The van der Waals surface area contributed by atoms with E-state index in [0.717, 1.165) is 12.8 Å². The van der Waals surface area contributed by atoms with Crippen LogP contribution in [0, 0.1) is 5.82 Å². The monoisotopic (exact) mass is 408 g/mol. The van der Waals surface area contributed by atoms with E-state index >= 15 is 0 Å². The maximum absolute atomic E-state index is 14.2. The van der Waals surface area contributed by atoms with Crippen LogP contribution in [-0.4, -0.2) is 43.0 Å². The normalized spacial score (nSPS) is 19.8. The predicted molar refractivity (Wildman–Crippen MR) is 91.3 cm³/mol. The highest BCUT2D eigenvalue weighted by Crippen LogP contribution is 2.31. The van der Waals surface area contributed by atoms with Gasteiger partial charge in [0, 0.05) is 18.6 Å². The van der Waals surface area contributed by atoms with Crippen molar-refractivity contribution < 1.29 is 41.7 Å². The van der Waals surface area contributed by atoms with E-state index in [0.29, 0.717) is 18.6 Å². The lowest BCUT2D eigenvalue weighted by molar-refractivity contribution is -0.171. The number of aliphatic hydroxyl groups excluding tert-OH is 1. The first-order valence-corrected chi connectivity index (χ1v) is 9.21. The Balaban J connectivity index is 1.74. The smallest absolute Gasteiger partial charge is 0.449 e. The van der Waals surface area contributed by atoms with E-state index < -0.39 is 30.5 Å². The molecule has 0 aromatic heterocycles. The summed E-state index contributed by atoms with van der Waals surface area (Å²) in [5.74, 6) is -2.42. The topological polar surface area (TPSA) is 65.0 Å². The molecule has 5 nitrogen and oxygen atoms in total. The molecule has 0 radical (unpaired) electrons. The lowest BCUT2D eigenvalue weighted by Crippen LogP contribution is -2.22. The molecule has 0 amide bonds. The molecule has 1 N–H and O–H groups in total. The summed E-state index contributed by atoms with van der Waals surface area (Å²) in [6.45, 7) is 0.527. The second-order valence-electron chi connectivity index (χ2n) is 6.56. The Morgan fingerprint density at radius 2 is 2.00 bits per heavy atom. The molecule has 2 unspecified atom stereocenters. The molecule has 0 spiro atoms. The van der Waals surface area contributed by atoms with Crippen LogP contribution in [0.25, 0.3) is 0 Å². The average Bonchev–Trinajstić information content (AvgIpc) is 3.10. The van der Waals surface area contributed by atoms with E-state index in [1.165, 1.54) is 12.1 Å². The van der Waals surface area contributed by atoms with Crippen LogP contribution in [0.5, 0.6) is 5.75 Å². The molecule has 1 saturated heterocycles. The van der Waals surface area contributed by atoms with Gasteiger partial charge in [-0.25, -0.2) is 4.39 Å². The number of benzene rings is 1. The quantitative estimate of drug-likeness (QED) is 0.442. The van der Waals surface area contributed by atoms with Crippen LogP contribution in [0.1, 0.15) is 50.4 Å². The molecule has 1 aliphatic heterocycles. The summed E-state index contributed by atoms with van der Waals surface area (Å²) in [4.78, 5) is 10.8. The number of hydrogen-bond donors (Lipinski definition) is 1. The number of ether oxygens (including phenoxy) is 3. The van der Waals surface area contributed by atoms with Gasteiger partial charge in [-0.3, -0.25) is 4.79 Å². The zero-order valence-corrected chi connectivity index (χ0v) is 15.3. The number of hydrogen-bond acceptors (Lipinski definition) is 5. The lowest BCUT2D eigenvalue weighted by Gasteiger charge is -2.13. The van der Waals surface area contributed by atoms with E-state index in [2.05, 4.69) is 0 Å². The highest BCUT2D eigenvalue weighted by molar-refractivity contribution is 5.83. The first-order chi connectivity index (χ1) is 13.3. The molecule has 28 heavy (non-hydrogen) atoms. The molecule has 1 aromatic carbocycles. The number of Topliss-reactive ketones (excluding diaryl/α,β-unsaturated/α-hetero) is 1. The zero-order valence-electron chi connectivity index (χ0n) is 15.3. The van der Waals surface area contributed by atoms with Crippen molar-refractivity contribution in [3.05, 3.63) is 29.6 Å². The minimum absolute atomic E-state index is 0.00473. The number of alkyl halides is 3. The minimum Gasteiger partial charge on any atom is -0.491 e. The zero-order chi connectivity index (χ0) is 20.6. The molecule has 0 bridgehead atoms. The summed E-state index contributed by atoms with van der Waals surface area (Å²) in [6.07, 6.45) is -3.73. The van der Waals surface area contributed by atoms with Crippen molar-refractivity contribution in [1.29, 1.82) is 0 Å². The molecule has 1 heterocycles. The number of rotatable bonds is 11. The van der Waals surface area contributed by atoms with E-state index in [1.807, 2.05) is 0 Å². The van der Waals surface area contributed by atoms with Crippen LogP contribution in [0.4, 0.5) is 17.6 Å². The fourth-order valence-electron chi connectivity index (χ4n) is 2.75. The molecule has 1 aliphatic rings. The summed E-state index contributed by atoms with van der Waals surface area (Å²) in [6, 6.07) is 4.26. The Kier molecular flexibility index (Phi) is 8.65. The van der Waals surface area contributed by atoms with E-state index in [4.69, 9.17) is 19.3 Å². The number of aliphatic hydroxyl groups is 1. The van der Waals surface area contributed by atoms with Gasteiger partial charge in [0.1, 0.15) is 0 Å². The Hall–Kier alpha value is -1.71. The summed E-state index contributed by atoms with van der Waals surface area (Å²) in [7, 11) is 0. The first kappa shape index (κ1) is 22.6. The lowest BCUT2D eigenvalue weighted by atomic mass is 10.1. The second kappa shape index (κ2) is 10.7. The third kappa shape index (κ3) is 7.03. The third-order valence-electron chi connectivity index (χ3n) is 4.28. The first-order valence-electron chi connectivity index (χ1n) is 9.21. The maximum atomic E-state index is 14.2. The highest BCUT2D eigenvalue weighted by atomic mass is 19.4. The van der Waals surface area contributed by atoms with Crippen molar-refractivity contribution in [2.45, 2.75) is 57.1 Å².